The first kappa shape index (κ1) is 17.0. The summed E-state index contributed by atoms with van der Waals surface area (Å²) in [5.41, 5.74) is 0.538. The van der Waals surface area contributed by atoms with Crippen molar-refractivity contribution in [2.45, 2.75) is 51.4 Å². The summed E-state index contributed by atoms with van der Waals surface area (Å²) in [5.74, 6) is -0.372. The highest BCUT2D eigenvalue weighted by atomic mass is 16.3. The smallest absolute Gasteiger partial charge is 0.325 e. The van der Waals surface area contributed by atoms with Gasteiger partial charge >= 0.3 is 6.03 Å². The molecule has 3 aliphatic rings. The Kier molecular flexibility index (Phi) is 3.80. The first-order chi connectivity index (χ1) is 12.3. The Morgan fingerprint density at radius 2 is 2.12 bits per heavy atom. The molecule has 26 heavy (non-hydrogen) atoms. The summed E-state index contributed by atoms with van der Waals surface area (Å²) >= 11 is 0. The van der Waals surface area contributed by atoms with Gasteiger partial charge < -0.3 is 15.3 Å². The van der Waals surface area contributed by atoms with Crippen molar-refractivity contribution in [2.75, 3.05) is 13.1 Å². The monoisotopic (exact) mass is 361 g/mol. The van der Waals surface area contributed by atoms with Crippen LogP contribution in [0.15, 0.2) is 6.07 Å². The molecule has 0 spiro atoms. The van der Waals surface area contributed by atoms with E-state index < -0.39 is 23.6 Å². The van der Waals surface area contributed by atoms with Gasteiger partial charge in [0.25, 0.3) is 5.91 Å². The van der Waals surface area contributed by atoms with Gasteiger partial charge in [0.1, 0.15) is 18.2 Å². The second-order valence-corrected chi connectivity index (χ2v) is 7.83. The lowest BCUT2D eigenvalue weighted by atomic mass is 10.1. The minimum absolute atomic E-state index is 0.264. The Morgan fingerprint density at radius 3 is 2.73 bits per heavy atom. The number of carbonyl (C=O) groups is 3. The molecule has 1 aromatic heterocycles. The molecular weight excluding hydrogens is 338 g/mol. The number of aliphatic hydroxyl groups is 1. The maximum Gasteiger partial charge on any atom is 0.325 e. The van der Waals surface area contributed by atoms with Gasteiger partial charge in [0.15, 0.2) is 0 Å². The average molecular weight is 361 g/mol. The number of carbonyl (C=O) groups excluding carboxylic acids is 3. The number of aliphatic hydroxyl groups excluding tert-OH is 1. The van der Waals surface area contributed by atoms with Crippen molar-refractivity contribution in [3.05, 3.63) is 17.5 Å². The molecule has 1 aliphatic carbocycles. The molecule has 1 aromatic rings. The Balaban J connectivity index is 1.43. The van der Waals surface area contributed by atoms with Crippen LogP contribution in [0, 0.1) is 5.92 Å². The highest BCUT2D eigenvalue weighted by molar-refractivity contribution is 6.08. The van der Waals surface area contributed by atoms with Gasteiger partial charge in [-0.2, -0.15) is 5.10 Å². The van der Waals surface area contributed by atoms with Crippen LogP contribution < -0.4 is 5.32 Å². The fourth-order valence-electron chi connectivity index (χ4n) is 3.50. The normalized spacial score (nSPS) is 23.0. The fraction of sp³-hybridized carbons (Fsp3) is 0.647. The molecule has 1 atom stereocenters. The number of imide groups is 1. The van der Waals surface area contributed by atoms with Crippen molar-refractivity contribution >= 4 is 17.8 Å². The number of aromatic nitrogens is 2. The first-order valence-electron chi connectivity index (χ1n) is 8.93. The third-order valence-corrected chi connectivity index (χ3v) is 5.28. The van der Waals surface area contributed by atoms with Crippen LogP contribution >= 0.6 is 0 Å². The van der Waals surface area contributed by atoms with E-state index in [1.165, 1.54) is 0 Å². The summed E-state index contributed by atoms with van der Waals surface area (Å²) in [5, 5.41) is 17.3. The molecule has 1 unspecified atom stereocenters. The van der Waals surface area contributed by atoms with Gasteiger partial charge in [-0.05, 0) is 38.7 Å². The molecule has 0 aromatic carbocycles. The highest BCUT2D eigenvalue weighted by Crippen LogP contribution is 2.40. The van der Waals surface area contributed by atoms with Crippen molar-refractivity contribution < 1.29 is 19.5 Å². The average Bonchev–Trinajstić information content (AvgIpc) is 3.31. The second-order valence-electron chi connectivity index (χ2n) is 7.83. The molecule has 2 aliphatic heterocycles. The van der Waals surface area contributed by atoms with Crippen LogP contribution in [0.5, 0.6) is 0 Å². The van der Waals surface area contributed by atoms with Crippen molar-refractivity contribution in [3.8, 4) is 0 Å². The predicted molar refractivity (Wildman–Crippen MR) is 89.7 cm³/mol. The molecule has 9 nitrogen and oxygen atoms in total. The predicted octanol–water partition coefficient (Wildman–Crippen LogP) is -0.000900. The summed E-state index contributed by atoms with van der Waals surface area (Å²) in [6.07, 6.45) is 1.51. The number of hydrogen-bond donors (Lipinski definition) is 2. The zero-order chi connectivity index (χ0) is 18.6. The molecule has 9 heteroatoms. The Morgan fingerprint density at radius 1 is 1.38 bits per heavy atom. The molecule has 3 heterocycles. The van der Waals surface area contributed by atoms with Gasteiger partial charge in [-0.1, -0.05) is 0 Å². The minimum atomic E-state index is -0.980. The van der Waals surface area contributed by atoms with Gasteiger partial charge in [-0.3, -0.25) is 19.2 Å². The van der Waals surface area contributed by atoms with Crippen LogP contribution in [0.4, 0.5) is 4.79 Å². The van der Waals surface area contributed by atoms with Gasteiger partial charge in [0.2, 0.25) is 5.91 Å². The molecule has 0 bridgehead atoms. The number of amides is 4. The van der Waals surface area contributed by atoms with Crippen LogP contribution in [-0.2, 0) is 22.7 Å². The lowest BCUT2D eigenvalue weighted by Crippen LogP contribution is -2.46. The summed E-state index contributed by atoms with van der Waals surface area (Å²) in [7, 11) is 0. The van der Waals surface area contributed by atoms with Gasteiger partial charge in [0.05, 0.1) is 24.5 Å². The van der Waals surface area contributed by atoms with Crippen molar-refractivity contribution in [2.24, 2.45) is 5.92 Å². The van der Waals surface area contributed by atoms with Crippen LogP contribution in [0.1, 0.15) is 44.2 Å². The van der Waals surface area contributed by atoms with E-state index in [-0.39, 0.29) is 12.5 Å². The Labute approximate surface area is 150 Å². The maximum absolute atomic E-state index is 12.6. The molecule has 4 rings (SSSR count). The number of rotatable bonds is 4. The summed E-state index contributed by atoms with van der Waals surface area (Å²) in [4.78, 5) is 39.4. The molecule has 2 N–H and O–H groups in total. The van der Waals surface area contributed by atoms with Gasteiger partial charge in [-0.25, -0.2) is 4.79 Å². The Hall–Kier alpha value is -2.42. The lowest BCUT2D eigenvalue weighted by Gasteiger charge is -2.28. The van der Waals surface area contributed by atoms with E-state index in [0.29, 0.717) is 31.2 Å². The highest BCUT2D eigenvalue weighted by Gasteiger charge is 2.45. The number of hydrogen-bond acceptors (Lipinski definition) is 5. The molecule has 4 amide bonds. The third-order valence-electron chi connectivity index (χ3n) is 5.28. The van der Waals surface area contributed by atoms with E-state index in [4.69, 9.17) is 0 Å². The Bertz CT molecular complexity index is 782. The zero-order valence-corrected chi connectivity index (χ0v) is 14.9. The summed E-state index contributed by atoms with van der Waals surface area (Å²) in [6, 6.07) is 1.31. The van der Waals surface area contributed by atoms with Crippen LogP contribution in [0.3, 0.4) is 0 Å². The van der Waals surface area contributed by atoms with Crippen molar-refractivity contribution in [1.29, 1.82) is 0 Å². The SMILES string of the molecule is CC1(C)NC(=O)N(CC(=O)N2CCn3nc(C(O)C4CC4)cc3C2)C1=O. The van der Waals surface area contributed by atoms with Gasteiger partial charge in [-0.15, -0.1) is 0 Å². The molecule has 140 valence electrons. The molecule has 1 saturated carbocycles. The van der Waals surface area contributed by atoms with Crippen LogP contribution in [-0.4, -0.2) is 61.2 Å². The minimum Gasteiger partial charge on any atom is -0.386 e. The number of nitrogens with one attached hydrogen (secondary N) is 1. The first-order valence-corrected chi connectivity index (χ1v) is 8.93. The number of fused-ring (bicyclic) bond motifs is 1. The molecular formula is C17H23N5O4. The van der Waals surface area contributed by atoms with E-state index in [9.17, 15) is 19.5 Å². The molecule has 2 fully saturated rings. The quantitative estimate of drug-likeness (QED) is 0.734. The number of nitrogens with zero attached hydrogens (tertiary/aromatic N) is 4. The van der Waals surface area contributed by atoms with E-state index in [1.807, 2.05) is 10.7 Å². The molecule has 1 saturated heterocycles. The lowest BCUT2D eigenvalue weighted by molar-refractivity contribution is -0.139. The fourth-order valence-corrected chi connectivity index (χ4v) is 3.50. The van der Waals surface area contributed by atoms with E-state index in [1.54, 1.807) is 18.7 Å². The second kappa shape index (κ2) is 5.80. The van der Waals surface area contributed by atoms with Crippen LogP contribution in [0.2, 0.25) is 0 Å². The third kappa shape index (κ3) is 2.86. The summed E-state index contributed by atoms with van der Waals surface area (Å²) < 4.78 is 1.82. The topological polar surface area (TPSA) is 108 Å². The molecule has 0 radical (unpaired) electrons. The van der Waals surface area contributed by atoms with Crippen molar-refractivity contribution in [3.63, 3.8) is 0 Å². The van der Waals surface area contributed by atoms with Crippen LogP contribution in [0.25, 0.3) is 0 Å². The van der Waals surface area contributed by atoms with Gasteiger partial charge in [0, 0.05) is 6.54 Å². The standard InChI is InChI=1S/C17H23N5O4/c1-17(2)15(25)21(16(26)18-17)9-13(23)20-5-6-22-11(8-20)7-12(19-22)14(24)10-3-4-10/h7,10,14,24H,3-6,8-9H2,1-2H3,(H,18,26). The van der Waals surface area contributed by atoms with E-state index in [0.717, 1.165) is 23.4 Å². The number of urea groups is 1. The largest absolute Gasteiger partial charge is 0.386 e. The maximum atomic E-state index is 12.6. The van der Waals surface area contributed by atoms with E-state index >= 15 is 0 Å². The van der Waals surface area contributed by atoms with E-state index in [2.05, 4.69) is 10.4 Å². The zero-order valence-electron chi connectivity index (χ0n) is 14.9. The van der Waals surface area contributed by atoms with Crippen molar-refractivity contribution in [1.82, 2.24) is 24.9 Å². The summed E-state index contributed by atoms with van der Waals surface area (Å²) in [6.45, 7) is 4.31.